The first-order chi connectivity index (χ1) is 11.5. The van der Waals surface area contributed by atoms with Crippen molar-refractivity contribution in [2.75, 3.05) is 18.1 Å². The quantitative estimate of drug-likeness (QED) is 0.321. The van der Waals surface area contributed by atoms with Crippen LogP contribution < -0.4 is 11.3 Å². The summed E-state index contributed by atoms with van der Waals surface area (Å²) in [4.78, 5) is 22.7. The second-order valence-electron chi connectivity index (χ2n) is 5.22. The number of anilines is 1. The van der Waals surface area contributed by atoms with Crippen molar-refractivity contribution in [3.8, 4) is 0 Å². The number of nitrogens with zero attached hydrogens (tertiary/aromatic N) is 3. The first-order valence-electron chi connectivity index (χ1n) is 7.11. The molecule has 1 fully saturated rings. The Morgan fingerprint density at radius 2 is 2.17 bits per heavy atom. The molecule has 0 saturated carbocycles. The van der Waals surface area contributed by atoms with E-state index >= 15 is 0 Å². The minimum Gasteiger partial charge on any atom is -0.394 e. The van der Waals surface area contributed by atoms with Crippen molar-refractivity contribution in [3.05, 3.63) is 23.0 Å². The number of aliphatic hydroxyl groups is 3. The molecule has 1 aliphatic heterocycles. The molecular formula is C13H17N5O5S. The summed E-state index contributed by atoms with van der Waals surface area (Å²) >= 11 is 1.25. The maximum absolute atomic E-state index is 12.0. The van der Waals surface area contributed by atoms with Crippen LogP contribution in [0.5, 0.6) is 0 Å². The molecule has 0 bridgehead atoms. The van der Waals surface area contributed by atoms with E-state index in [1.165, 1.54) is 16.3 Å². The van der Waals surface area contributed by atoms with Crippen LogP contribution in [0.1, 0.15) is 6.23 Å². The Kier molecular flexibility index (Phi) is 4.60. The van der Waals surface area contributed by atoms with Gasteiger partial charge in [0.05, 0.1) is 6.61 Å². The molecule has 1 unspecified atom stereocenters. The van der Waals surface area contributed by atoms with Gasteiger partial charge < -0.3 is 25.8 Å². The number of nitrogens with one attached hydrogen (secondary N) is 1. The van der Waals surface area contributed by atoms with Crippen molar-refractivity contribution in [1.29, 1.82) is 0 Å². The molecule has 3 rings (SSSR count). The van der Waals surface area contributed by atoms with Gasteiger partial charge in [-0.3, -0.25) is 14.3 Å². The molecular weight excluding hydrogens is 338 g/mol. The number of hydrogen-bond donors (Lipinski definition) is 5. The highest BCUT2D eigenvalue weighted by Crippen LogP contribution is 2.35. The van der Waals surface area contributed by atoms with Gasteiger partial charge in [-0.2, -0.15) is 4.98 Å². The minimum absolute atomic E-state index is 0.0356. The lowest BCUT2D eigenvalue weighted by atomic mass is 10.1. The van der Waals surface area contributed by atoms with E-state index in [-0.39, 0.29) is 17.1 Å². The van der Waals surface area contributed by atoms with E-state index in [9.17, 15) is 20.1 Å². The van der Waals surface area contributed by atoms with Gasteiger partial charge in [-0.25, -0.2) is 4.98 Å². The molecule has 4 atom stereocenters. The zero-order valence-corrected chi connectivity index (χ0v) is 13.3. The van der Waals surface area contributed by atoms with Crippen LogP contribution in [0.3, 0.4) is 0 Å². The predicted molar refractivity (Wildman–Crippen MR) is 86.5 cm³/mol. The van der Waals surface area contributed by atoms with Crippen molar-refractivity contribution >= 4 is 28.9 Å². The molecule has 0 radical (unpaired) electrons. The number of fused-ring (bicyclic) bond motifs is 1. The van der Waals surface area contributed by atoms with Gasteiger partial charge in [0, 0.05) is 5.75 Å². The number of nitrogens with two attached hydrogens (primary N) is 1. The van der Waals surface area contributed by atoms with Crippen LogP contribution in [-0.2, 0) is 4.74 Å². The molecule has 11 heteroatoms. The summed E-state index contributed by atoms with van der Waals surface area (Å²) in [5.74, 6) is 0.381. The van der Waals surface area contributed by atoms with Gasteiger partial charge in [0.1, 0.15) is 18.3 Å². The lowest BCUT2D eigenvalue weighted by Crippen LogP contribution is -2.33. The number of aromatic amines is 1. The van der Waals surface area contributed by atoms with Gasteiger partial charge >= 0.3 is 0 Å². The van der Waals surface area contributed by atoms with E-state index < -0.39 is 36.7 Å². The lowest BCUT2D eigenvalue weighted by Gasteiger charge is -2.18. The highest BCUT2D eigenvalue weighted by Gasteiger charge is 2.45. The molecule has 2 aromatic heterocycles. The molecule has 24 heavy (non-hydrogen) atoms. The number of aromatic nitrogens is 4. The van der Waals surface area contributed by atoms with E-state index in [2.05, 4.69) is 21.5 Å². The van der Waals surface area contributed by atoms with Gasteiger partial charge in [0.15, 0.2) is 22.5 Å². The van der Waals surface area contributed by atoms with Crippen LogP contribution in [0.2, 0.25) is 0 Å². The Balaban J connectivity index is 2.17. The van der Waals surface area contributed by atoms with Gasteiger partial charge in [0.25, 0.3) is 5.56 Å². The first kappa shape index (κ1) is 16.9. The van der Waals surface area contributed by atoms with Crippen molar-refractivity contribution in [2.24, 2.45) is 0 Å². The average molecular weight is 355 g/mol. The summed E-state index contributed by atoms with van der Waals surface area (Å²) in [5.41, 5.74) is 5.23. The molecule has 1 aliphatic rings. The highest BCUT2D eigenvalue weighted by molar-refractivity contribution is 7.99. The summed E-state index contributed by atoms with van der Waals surface area (Å²) in [7, 11) is 0. The first-order valence-corrected chi connectivity index (χ1v) is 8.10. The second-order valence-corrected chi connectivity index (χ2v) is 6.20. The molecule has 2 aromatic rings. The van der Waals surface area contributed by atoms with Gasteiger partial charge in [-0.1, -0.05) is 17.8 Å². The molecule has 1 saturated heterocycles. The van der Waals surface area contributed by atoms with E-state index in [4.69, 9.17) is 10.5 Å². The van der Waals surface area contributed by atoms with Gasteiger partial charge in [-0.15, -0.1) is 6.58 Å². The Bertz CT molecular complexity index is 821. The van der Waals surface area contributed by atoms with E-state index in [1.807, 2.05) is 0 Å². The fourth-order valence-corrected chi connectivity index (χ4v) is 3.29. The monoisotopic (exact) mass is 355 g/mol. The maximum Gasteiger partial charge on any atom is 0.280 e. The van der Waals surface area contributed by atoms with E-state index in [0.29, 0.717) is 10.9 Å². The molecule has 6 N–H and O–H groups in total. The standard InChI is InChI=1S/C13H17N5O5S/c1-2-3-24-13-15-6-9(16-12(14)17-10(6)22)18(13)11-8(21)7(20)5(4-19)23-11/h2,5,7-8,11,19-21H,1,3-4H2,(H3,14,16,17,22)/t5-,7+,8?,11-/m1/s1. The normalized spacial score (nSPS) is 27.0. The molecule has 0 spiro atoms. The SMILES string of the molecule is C=CCSc1nc2c(=O)[nH]c(N)nc2n1[C@@H]1O[C@H](CO)[C@H](O)C1O. The third-order valence-corrected chi connectivity index (χ3v) is 4.59. The highest BCUT2D eigenvalue weighted by atomic mass is 32.2. The Hall–Kier alpha value is -1.92. The number of thioether (sulfide) groups is 1. The summed E-state index contributed by atoms with van der Waals surface area (Å²) in [5, 5.41) is 29.8. The number of ether oxygens (including phenoxy) is 1. The zero-order chi connectivity index (χ0) is 17.4. The number of imidazole rings is 1. The predicted octanol–water partition coefficient (Wildman–Crippen LogP) is -1.41. The maximum atomic E-state index is 12.0. The molecule has 0 amide bonds. The Morgan fingerprint density at radius 1 is 1.42 bits per heavy atom. The fraction of sp³-hybridized carbons (Fsp3) is 0.462. The molecule has 0 aromatic carbocycles. The summed E-state index contributed by atoms with van der Waals surface area (Å²) in [6.07, 6.45) is -2.99. The number of hydrogen-bond acceptors (Lipinski definition) is 9. The minimum atomic E-state index is -1.33. The van der Waals surface area contributed by atoms with Crippen molar-refractivity contribution in [3.63, 3.8) is 0 Å². The lowest BCUT2D eigenvalue weighted by molar-refractivity contribution is -0.0548. The topological polar surface area (TPSA) is 160 Å². The summed E-state index contributed by atoms with van der Waals surface area (Å²) < 4.78 is 6.93. The van der Waals surface area contributed by atoms with Crippen LogP contribution in [0, 0.1) is 0 Å². The molecule has 10 nitrogen and oxygen atoms in total. The third-order valence-electron chi connectivity index (χ3n) is 3.64. The van der Waals surface area contributed by atoms with Gasteiger partial charge in [0.2, 0.25) is 5.95 Å². The molecule has 0 aliphatic carbocycles. The van der Waals surface area contributed by atoms with Crippen LogP contribution >= 0.6 is 11.8 Å². The summed E-state index contributed by atoms with van der Waals surface area (Å²) in [6.45, 7) is 3.16. The number of aliphatic hydroxyl groups excluding tert-OH is 3. The van der Waals surface area contributed by atoms with Crippen molar-refractivity contribution in [2.45, 2.75) is 29.7 Å². The zero-order valence-electron chi connectivity index (χ0n) is 12.5. The van der Waals surface area contributed by atoms with Gasteiger partial charge in [-0.05, 0) is 0 Å². The van der Waals surface area contributed by atoms with Crippen LogP contribution in [0.15, 0.2) is 22.6 Å². The number of rotatable bonds is 5. The Labute approximate surface area is 140 Å². The smallest absolute Gasteiger partial charge is 0.280 e. The van der Waals surface area contributed by atoms with Crippen LogP contribution in [0.25, 0.3) is 11.2 Å². The third kappa shape index (κ3) is 2.70. The fourth-order valence-electron chi connectivity index (χ4n) is 2.54. The average Bonchev–Trinajstić information content (AvgIpc) is 3.04. The van der Waals surface area contributed by atoms with Crippen molar-refractivity contribution in [1.82, 2.24) is 19.5 Å². The number of nitrogen functional groups attached to an aromatic ring is 1. The van der Waals surface area contributed by atoms with Crippen LogP contribution in [-0.4, -0.2) is 65.5 Å². The largest absolute Gasteiger partial charge is 0.394 e. The van der Waals surface area contributed by atoms with E-state index in [0.717, 1.165) is 0 Å². The van der Waals surface area contributed by atoms with Crippen LogP contribution in [0.4, 0.5) is 5.95 Å². The molecule has 3 heterocycles. The Morgan fingerprint density at radius 3 is 2.79 bits per heavy atom. The second kappa shape index (κ2) is 6.53. The van der Waals surface area contributed by atoms with Crippen molar-refractivity contribution < 1.29 is 20.1 Å². The van der Waals surface area contributed by atoms with E-state index in [1.54, 1.807) is 6.08 Å². The number of H-pyrrole nitrogens is 1. The summed E-state index contributed by atoms with van der Waals surface area (Å²) in [6, 6.07) is 0. The molecule has 130 valence electrons.